The van der Waals surface area contributed by atoms with Crippen molar-refractivity contribution in [3.8, 4) is 28.4 Å². The van der Waals surface area contributed by atoms with Crippen molar-refractivity contribution in [2.24, 2.45) is 0 Å². The molecule has 2 aromatic carbocycles. The number of ether oxygens (including phenoxy) is 2. The molecule has 0 atom stereocenters. The Kier molecular flexibility index (Phi) is 6.77. The number of benzene rings is 2. The SMILES string of the molecule is CCCCNC(=O)c1cc(-c2ccc(OC)cc2OC)nn1-c1cccc(Cl)c1. The van der Waals surface area contributed by atoms with Crippen LogP contribution in [-0.4, -0.2) is 36.5 Å². The summed E-state index contributed by atoms with van der Waals surface area (Å²) < 4.78 is 12.4. The number of unbranched alkanes of at least 4 members (excludes halogenated alkanes) is 1. The molecule has 152 valence electrons. The monoisotopic (exact) mass is 413 g/mol. The zero-order valence-electron chi connectivity index (χ0n) is 16.7. The van der Waals surface area contributed by atoms with Crippen LogP contribution in [0.1, 0.15) is 30.3 Å². The number of nitrogens with zero attached hydrogens (tertiary/aromatic N) is 2. The maximum atomic E-state index is 12.8. The first kappa shape index (κ1) is 20.7. The van der Waals surface area contributed by atoms with E-state index in [1.54, 1.807) is 43.2 Å². The van der Waals surface area contributed by atoms with Crippen LogP contribution in [0.4, 0.5) is 0 Å². The number of methoxy groups -OCH3 is 2. The largest absolute Gasteiger partial charge is 0.497 e. The van der Waals surface area contributed by atoms with Gasteiger partial charge < -0.3 is 14.8 Å². The third kappa shape index (κ3) is 4.71. The lowest BCUT2D eigenvalue weighted by molar-refractivity contribution is 0.0945. The Morgan fingerprint density at radius 1 is 1.14 bits per heavy atom. The predicted octanol–water partition coefficient (Wildman–Crippen LogP) is 4.74. The maximum Gasteiger partial charge on any atom is 0.270 e. The van der Waals surface area contributed by atoms with Crippen LogP contribution in [-0.2, 0) is 0 Å². The molecule has 6 nitrogen and oxygen atoms in total. The van der Waals surface area contributed by atoms with Gasteiger partial charge in [0.1, 0.15) is 17.2 Å². The Morgan fingerprint density at radius 3 is 2.66 bits per heavy atom. The average Bonchev–Trinajstić information content (AvgIpc) is 3.18. The molecule has 0 saturated heterocycles. The van der Waals surface area contributed by atoms with Crippen molar-refractivity contribution in [3.63, 3.8) is 0 Å². The van der Waals surface area contributed by atoms with Crippen LogP contribution in [0.5, 0.6) is 11.5 Å². The summed E-state index contributed by atoms with van der Waals surface area (Å²) in [5, 5.41) is 8.20. The molecule has 0 bridgehead atoms. The molecule has 29 heavy (non-hydrogen) atoms. The second-order valence-electron chi connectivity index (χ2n) is 6.48. The highest BCUT2D eigenvalue weighted by Gasteiger charge is 2.19. The van der Waals surface area contributed by atoms with Crippen molar-refractivity contribution in [3.05, 3.63) is 59.2 Å². The van der Waals surface area contributed by atoms with Crippen molar-refractivity contribution in [1.29, 1.82) is 0 Å². The lowest BCUT2D eigenvalue weighted by Gasteiger charge is -2.09. The minimum absolute atomic E-state index is 0.190. The van der Waals surface area contributed by atoms with Gasteiger partial charge in [0.15, 0.2) is 0 Å². The molecular weight excluding hydrogens is 390 g/mol. The number of aromatic nitrogens is 2. The first-order valence-electron chi connectivity index (χ1n) is 9.44. The molecule has 0 unspecified atom stereocenters. The van der Waals surface area contributed by atoms with Crippen molar-refractivity contribution < 1.29 is 14.3 Å². The van der Waals surface area contributed by atoms with E-state index < -0.39 is 0 Å². The normalized spacial score (nSPS) is 10.6. The minimum Gasteiger partial charge on any atom is -0.497 e. The Bertz CT molecular complexity index is 1000. The highest BCUT2D eigenvalue weighted by atomic mass is 35.5. The lowest BCUT2D eigenvalue weighted by Crippen LogP contribution is -2.26. The van der Waals surface area contributed by atoms with Crippen molar-refractivity contribution in [1.82, 2.24) is 15.1 Å². The summed E-state index contributed by atoms with van der Waals surface area (Å²) in [5.74, 6) is 1.10. The number of carbonyl (C=O) groups excluding carboxylic acids is 1. The Labute approximate surface area is 175 Å². The first-order chi connectivity index (χ1) is 14.1. The fourth-order valence-electron chi connectivity index (χ4n) is 2.96. The second kappa shape index (κ2) is 9.47. The summed E-state index contributed by atoms with van der Waals surface area (Å²) in [6.45, 7) is 2.69. The number of hydrogen-bond donors (Lipinski definition) is 1. The summed E-state index contributed by atoms with van der Waals surface area (Å²) in [5.41, 5.74) is 2.51. The van der Waals surface area contributed by atoms with E-state index in [1.165, 1.54) is 0 Å². The number of amides is 1. The van der Waals surface area contributed by atoms with Gasteiger partial charge in [0.2, 0.25) is 0 Å². The van der Waals surface area contributed by atoms with Crippen LogP contribution < -0.4 is 14.8 Å². The molecule has 0 aliphatic rings. The van der Waals surface area contributed by atoms with Crippen LogP contribution in [0, 0.1) is 0 Å². The van der Waals surface area contributed by atoms with E-state index >= 15 is 0 Å². The quantitative estimate of drug-likeness (QED) is 0.542. The number of nitrogens with one attached hydrogen (secondary N) is 1. The summed E-state index contributed by atoms with van der Waals surface area (Å²) in [6.07, 6.45) is 1.92. The molecule has 1 amide bonds. The van der Waals surface area contributed by atoms with Gasteiger partial charge in [-0.15, -0.1) is 0 Å². The van der Waals surface area contributed by atoms with E-state index in [2.05, 4.69) is 17.3 Å². The van der Waals surface area contributed by atoms with E-state index in [4.69, 9.17) is 21.1 Å². The third-order valence-corrected chi connectivity index (χ3v) is 4.73. The topological polar surface area (TPSA) is 65.4 Å². The van der Waals surface area contributed by atoms with Crippen LogP contribution in [0.15, 0.2) is 48.5 Å². The first-order valence-corrected chi connectivity index (χ1v) is 9.81. The van der Waals surface area contributed by atoms with Gasteiger partial charge in [0.05, 0.1) is 25.6 Å². The van der Waals surface area contributed by atoms with Gasteiger partial charge in [-0.25, -0.2) is 4.68 Å². The molecule has 0 spiro atoms. The van der Waals surface area contributed by atoms with E-state index in [1.807, 2.05) is 24.3 Å². The molecule has 0 radical (unpaired) electrons. The molecule has 0 aliphatic carbocycles. The molecule has 0 aliphatic heterocycles. The van der Waals surface area contributed by atoms with Crippen LogP contribution in [0.3, 0.4) is 0 Å². The number of carbonyl (C=O) groups is 1. The zero-order valence-corrected chi connectivity index (χ0v) is 17.5. The summed E-state index contributed by atoms with van der Waals surface area (Å²) in [4.78, 5) is 12.8. The minimum atomic E-state index is -0.190. The third-order valence-electron chi connectivity index (χ3n) is 4.50. The number of rotatable bonds is 8. The van der Waals surface area contributed by atoms with Crippen molar-refractivity contribution in [2.45, 2.75) is 19.8 Å². The lowest BCUT2D eigenvalue weighted by atomic mass is 10.1. The molecule has 1 N–H and O–H groups in total. The van der Waals surface area contributed by atoms with E-state index in [9.17, 15) is 4.79 Å². The molecule has 3 aromatic rings. The molecule has 0 fully saturated rings. The van der Waals surface area contributed by atoms with Crippen LogP contribution in [0.2, 0.25) is 5.02 Å². The molecule has 1 heterocycles. The van der Waals surface area contributed by atoms with Gasteiger partial charge in [0.25, 0.3) is 5.91 Å². The Hall–Kier alpha value is -2.99. The van der Waals surface area contributed by atoms with E-state index in [0.29, 0.717) is 40.1 Å². The Balaban J connectivity index is 2.08. The fourth-order valence-corrected chi connectivity index (χ4v) is 3.14. The van der Waals surface area contributed by atoms with Crippen molar-refractivity contribution >= 4 is 17.5 Å². The van der Waals surface area contributed by atoms with Gasteiger partial charge in [0, 0.05) is 23.2 Å². The van der Waals surface area contributed by atoms with E-state index in [-0.39, 0.29) is 5.91 Å². The molecular formula is C22H24ClN3O3. The summed E-state index contributed by atoms with van der Waals surface area (Å²) in [7, 11) is 3.19. The average molecular weight is 414 g/mol. The number of halogens is 1. The zero-order chi connectivity index (χ0) is 20.8. The summed E-state index contributed by atoms with van der Waals surface area (Å²) in [6, 6.07) is 14.5. The highest BCUT2D eigenvalue weighted by molar-refractivity contribution is 6.30. The second-order valence-corrected chi connectivity index (χ2v) is 6.92. The Morgan fingerprint density at radius 2 is 1.97 bits per heavy atom. The van der Waals surface area contributed by atoms with Gasteiger partial charge >= 0.3 is 0 Å². The van der Waals surface area contributed by atoms with Crippen molar-refractivity contribution in [2.75, 3.05) is 20.8 Å². The maximum absolute atomic E-state index is 12.8. The summed E-state index contributed by atoms with van der Waals surface area (Å²) >= 11 is 6.16. The predicted molar refractivity (Wildman–Crippen MR) is 114 cm³/mol. The molecule has 3 rings (SSSR count). The van der Waals surface area contributed by atoms with Gasteiger partial charge in [-0.05, 0) is 42.8 Å². The van der Waals surface area contributed by atoms with Gasteiger partial charge in [-0.2, -0.15) is 5.10 Å². The molecule has 0 saturated carbocycles. The molecule has 1 aromatic heterocycles. The number of hydrogen-bond acceptors (Lipinski definition) is 4. The van der Waals surface area contributed by atoms with Crippen LogP contribution in [0.25, 0.3) is 16.9 Å². The molecule has 7 heteroatoms. The highest BCUT2D eigenvalue weighted by Crippen LogP contribution is 2.33. The smallest absolute Gasteiger partial charge is 0.270 e. The van der Waals surface area contributed by atoms with E-state index in [0.717, 1.165) is 18.4 Å². The fraction of sp³-hybridized carbons (Fsp3) is 0.273. The standard InChI is InChI=1S/C22H24ClN3O3/c1-4-5-11-24-22(27)20-14-19(18-10-9-17(28-2)13-21(18)29-3)25-26(20)16-8-6-7-15(23)12-16/h6-10,12-14H,4-5,11H2,1-3H3,(H,24,27). The van der Waals surface area contributed by atoms with Crippen LogP contribution >= 0.6 is 11.6 Å². The van der Waals surface area contributed by atoms with Gasteiger partial charge in [-0.3, -0.25) is 4.79 Å². The van der Waals surface area contributed by atoms with Gasteiger partial charge in [-0.1, -0.05) is 31.0 Å².